The van der Waals surface area contributed by atoms with Crippen molar-refractivity contribution in [1.82, 2.24) is 4.90 Å². The van der Waals surface area contributed by atoms with E-state index in [1.165, 1.54) is 13.0 Å². The first-order valence-corrected chi connectivity index (χ1v) is 6.17. The second-order valence-corrected chi connectivity index (χ2v) is 3.96. The van der Waals surface area contributed by atoms with E-state index >= 15 is 0 Å². The highest BCUT2D eigenvalue weighted by atomic mass is 79.9. The fourth-order valence-corrected chi connectivity index (χ4v) is 1.91. The Morgan fingerprint density at radius 3 is 2.46 bits per heavy atom. The minimum atomic E-state index is 0.775. The van der Waals surface area contributed by atoms with Gasteiger partial charge in [-0.3, -0.25) is 0 Å². The van der Waals surface area contributed by atoms with Crippen LogP contribution in [0.15, 0.2) is 0 Å². The SMILES string of the molecule is CCC(CBr)CN(CC)CCOC. The zero-order chi connectivity index (χ0) is 10.1. The Hall–Kier alpha value is 0.400. The molecule has 0 amide bonds. The molecular formula is C10H22BrNO. The molecular weight excluding hydrogens is 230 g/mol. The van der Waals surface area contributed by atoms with Gasteiger partial charge in [0, 0.05) is 25.5 Å². The van der Waals surface area contributed by atoms with Crippen LogP contribution in [0.25, 0.3) is 0 Å². The van der Waals surface area contributed by atoms with Crippen LogP contribution >= 0.6 is 15.9 Å². The second-order valence-electron chi connectivity index (χ2n) is 3.31. The van der Waals surface area contributed by atoms with Gasteiger partial charge in [-0.15, -0.1) is 0 Å². The summed E-state index contributed by atoms with van der Waals surface area (Å²) in [5.41, 5.74) is 0. The molecule has 0 rings (SSSR count). The van der Waals surface area contributed by atoms with Crippen LogP contribution in [0.3, 0.4) is 0 Å². The van der Waals surface area contributed by atoms with Crippen LogP contribution in [-0.4, -0.2) is 43.6 Å². The van der Waals surface area contributed by atoms with Gasteiger partial charge in [0.25, 0.3) is 0 Å². The number of methoxy groups -OCH3 is 1. The highest BCUT2D eigenvalue weighted by Crippen LogP contribution is 2.08. The highest BCUT2D eigenvalue weighted by molar-refractivity contribution is 9.09. The van der Waals surface area contributed by atoms with Crippen LogP contribution in [0.5, 0.6) is 0 Å². The Morgan fingerprint density at radius 1 is 1.38 bits per heavy atom. The van der Waals surface area contributed by atoms with Crippen LogP contribution in [-0.2, 0) is 4.74 Å². The van der Waals surface area contributed by atoms with Crippen LogP contribution in [0, 0.1) is 5.92 Å². The molecule has 0 aromatic rings. The molecule has 0 aliphatic heterocycles. The zero-order valence-electron chi connectivity index (χ0n) is 9.05. The monoisotopic (exact) mass is 251 g/mol. The first kappa shape index (κ1) is 13.4. The van der Waals surface area contributed by atoms with Crippen molar-refractivity contribution < 1.29 is 4.74 Å². The number of hydrogen-bond acceptors (Lipinski definition) is 2. The predicted molar refractivity (Wildman–Crippen MR) is 61.6 cm³/mol. The standard InChI is InChI=1S/C10H22BrNO/c1-4-10(8-11)9-12(5-2)6-7-13-3/h10H,4-9H2,1-3H3. The number of alkyl halides is 1. The molecule has 0 radical (unpaired) electrons. The van der Waals surface area contributed by atoms with Gasteiger partial charge >= 0.3 is 0 Å². The minimum absolute atomic E-state index is 0.775. The molecule has 0 saturated carbocycles. The summed E-state index contributed by atoms with van der Waals surface area (Å²) < 4.78 is 5.07. The Bertz CT molecular complexity index is 107. The molecule has 0 aliphatic rings. The predicted octanol–water partition coefficient (Wildman–Crippen LogP) is 2.38. The van der Waals surface area contributed by atoms with E-state index in [-0.39, 0.29) is 0 Å². The van der Waals surface area contributed by atoms with E-state index in [1.54, 1.807) is 7.11 Å². The molecule has 80 valence electrons. The van der Waals surface area contributed by atoms with E-state index in [4.69, 9.17) is 4.74 Å². The lowest BCUT2D eigenvalue weighted by Crippen LogP contribution is -2.32. The number of ether oxygens (including phenoxy) is 1. The van der Waals surface area contributed by atoms with Crippen molar-refractivity contribution >= 4 is 15.9 Å². The van der Waals surface area contributed by atoms with Gasteiger partial charge in [0.05, 0.1) is 6.61 Å². The lowest BCUT2D eigenvalue weighted by Gasteiger charge is -2.24. The summed E-state index contributed by atoms with van der Waals surface area (Å²) in [7, 11) is 1.76. The lowest BCUT2D eigenvalue weighted by molar-refractivity contribution is 0.142. The van der Waals surface area contributed by atoms with E-state index in [0.29, 0.717) is 0 Å². The van der Waals surface area contributed by atoms with Crippen molar-refractivity contribution in [3.63, 3.8) is 0 Å². The Balaban J connectivity index is 3.67. The van der Waals surface area contributed by atoms with Crippen molar-refractivity contribution in [3.05, 3.63) is 0 Å². The number of nitrogens with zero attached hydrogens (tertiary/aromatic N) is 1. The van der Waals surface area contributed by atoms with Crippen molar-refractivity contribution in [1.29, 1.82) is 0 Å². The third kappa shape index (κ3) is 6.47. The van der Waals surface area contributed by atoms with Crippen molar-refractivity contribution in [2.45, 2.75) is 20.3 Å². The van der Waals surface area contributed by atoms with Crippen molar-refractivity contribution in [3.8, 4) is 0 Å². The van der Waals surface area contributed by atoms with Crippen molar-refractivity contribution in [2.75, 3.05) is 38.7 Å². The van der Waals surface area contributed by atoms with E-state index in [9.17, 15) is 0 Å². The van der Waals surface area contributed by atoms with Crippen LogP contribution in [0.2, 0.25) is 0 Å². The maximum Gasteiger partial charge on any atom is 0.0589 e. The fraction of sp³-hybridized carbons (Fsp3) is 1.00. The van der Waals surface area contributed by atoms with Gasteiger partial charge in [-0.1, -0.05) is 36.2 Å². The summed E-state index contributed by atoms with van der Waals surface area (Å²) in [6.07, 6.45) is 1.24. The zero-order valence-corrected chi connectivity index (χ0v) is 10.6. The smallest absolute Gasteiger partial charge is 0.0589 e. The molecule has 0 N–H and O–H groups in total. The first-order valence-electron chi connectivity index (χ1n) is 5.05. The Morgan fingerprint density at radius 2 is 2.08 bits per heavy atom. The van der Waals surface area contributed by atoms with Crippen LogP contribution < -0.4 is 0 Å². The molecule has 0 aliphatic carbocycles. The average molecular weight is 252 g/mol. The van der Waals surface area contributed by atoms with Gasteiger partial charge in [-0.2, -0.15) is 0 Å². The molecule has 0 aromatic carbocycles. The molecule has 0 aromatic heterocycles. The van der Waals surface area contributed by atoms with Crippen LogP contribution in [0.4, 0.5) is 0 Å². The summed E-state index contributed by atoms with van der Waals surface area (Å²) in [5, 5.41) is 1.10. The van der Waals surface area contributed by atoms with Gasteiger partial charge in [0.2, 0.25) is 0 Å². The Kier molecular flexibility index (Phi) is 9.25. The van der Waals surface area contributed by atoms with E-state index in [1.807, 2.05) is 0 Å². The maximum absolute atomic E-state index is 5.07. The number of likely N-dealkylation sites (N-methyl/N-ethyl adjacent to an activating group) is 1. The number of rotatable bonds is 8. The highest BCUT2D eigenvalue weighted by Gasteiger charge is 2.09. The Labute approximate surface area is 90.8 Å². The van der Waals surface area contributed by atoms with E-state index < -0.39 is 0 Å². The molecule has 0 saturated heterocycles. The largest absolute Gasteiger partial charge is 0.383 e. The normalized spacial score (nSPS) is 13.6. The summed E-state index contributed by atoms with van der Waals surface area (Å²) in [4.78, 5) is 2.44. The minimum Gasteiger partial charge on any atom is -0.383 e. The number of halogens is 1. The molecule has 0 bridgehead atoms. The third-order valence-corrected chi connectivity index (χ3v) is 3.29. The quantitative estimate of drug-likeness (QED) is 0.615. The van der Waals surface area contributed by atoms with Crippen molar-refractivity contribution in [2.24, 2.45) is 5.92 Å². The third-order valence-electron chi connectivity index (χ3n) is 2.37. The van der Waals surface area contributed by atoms with Gasteiger partial charge in [0.15, 0.2) is 0 Å². The summed E-state index contributed by atoms with van der Waals surface area (Å²) >= 11 is 3.54. The van der Waals surface area contributed by atoms with E-state index in [0.717, 1.165) is 30.9 Å². The summed E-state index contributed by atoms with van der Waals surface area (Å²) in [5.74, 6) is 0.775. The lowest BCUT2D eigenvalue weighted by atomic mass is 10.1. The van der Waals surface area contributed by atoms with E-state index in [2.05, 4.69) is 34.7 Å². The topological polar surface area (TPSA) is 12.5 Å². The van der Waals surface area contributed by atoms with Gasteiger partial charge in [0.1, 0.15) is 0 Å². The molecule has 0 heterocycles. The van der Waals surface area contributed by atoms with Crippen LogP contribution in [0.1, 0.15) is 20.3 Å². The molecule has 13 heavy (non-hydrogen) atoms. The second kappa shape index (κ2) is 8.97. The summed E-state index contributed by atoms with van der Waals surface area (Å²) in [6.45, 7) is 8.64. The van der Waals surface area contributed by atoms with Gasteiger partial charge in [-0.05, 0) is 12.5 Å². The molecule has 0 spiro atoms. The molecule has 2 nitrogen and oxygen atoms in total. The number of hydrogen-bond donors (Lipinski definition) is 0. The fourth-order valence-electron chi connectivity index (χ4n) is 1.25. The molecule has 3 heteroatoms. The summed E-state index contributed by atoms with van der Waals surface area (Å²) in [6, 6.07) is 0. The first-order chi connectivity index (χ1) is 6.28. The van der Waals surface area contributed by atoms with Gasteiger partial charge in [-0.25, -0.2) is 0 Å². The van der Waals surface area contributed by atoms with Gasteiger partial charge < -0.3 is 9.64 Å². The average Bonchev–Trinajstić information content (AvgIpc) is 2.19. The molecule has 0 fully saturated rings. The molecule has 1 atom stereocenters. The molecule has 1 unspecified atom stereocenters. The maximum atomic E-state index is 5.07.